The van der Waals surface area contributed by atoms with Crippen LogP contribution < -0.4 is 15.4 Å². The Morgan fingerprint density at radius 1 is 1.33 bits per heavy atom. The van der Waals surface area contributed by atoms with E-state index in [-0.39, 0.29) is 5.91 Å². The number of nitrogens with one attached hydrogen (secondary N) is 2. The highest BCUT2D eigenvalue weighted by atomic mass is 16.5. The topological polar surface area (TPSA) is 53.6 Å². The predicted octanol–water partition coefficient (Wildman–Crippen LogP) is 3.43. The smallest absolute Gasteiger partial charge is 0.224 e. The lowest BCUT2D eigenvalue weighted by atomic mass is 9.85. The molecule has 2 heterocycles. The summed E-state index contributed by atoms with van der Waals surface area (Å²) in [7, 11) is 0. The molecule has 0 aromatic heterocycles. The molecule has 0 aliphatic carbocycles. The minimum atomic E-state index is 0.107. The van der Waals surface area contributed by atoms with Crippen LogP contribution in [-0.4, -0.2) is 50.1 Å². The summed E-state index contributed by atoms with van der Waals surface area (Å²) in [5, 5.41) is 6.50. The number of hydrogen-bond acceptors (Lipinski definition) is 4. The van der Waals surface area contributed by atoms with E-state index in [4.69, 9.17) is 4.74 Å². The average Bonchev–Trinajstić information content (AvgIpc) is 3.17. The van der Waals surface area contributed by atoms with E-state index in [1.807, 2.05) is 25.1 Å². The Morgan fingerprint density at radius 2 is 2.15 bits per heavy atom. The molecule has 1 aromatic carbocycles. The lowest BCUT2D eigenvalue weighted by Crippen LogP contribution is -2.34. The summed E-state index contributed by atoms with van der Waals surface area (Å²) in [5.74, 6) is 2.04. The Hall–Kier alpha value is -1.59. The molecule has 0 bridgehead atoms. The Balaban J connectivity index is 1.44. The number of nitrogens with zero attached hydrogens (tertiary/aromatic N) is 1. The molecule has 2 aliphatic heterocycles. The van der Waals surface area contributed by atoms with E-state index in [9.17, 15) is 4.79 Å². The molecule has 2 atom stereocenters. The van der Waals surface area contributed by atoms with Gasteiger partial charge in [-0.15, -0.1) is 0 Å². The maximum Gasteiger partial charge on any atom is 0.224 e. The third-order valence-corrected chi connectivity index (χ3v) is 5.97. The van der Waals surface area contributed by atoms with Gasteiger partial charge in [-0.2, -0.15) is 0 Å². The number of piperidine rings is 1. The molecule has 1 amide bonds. The second-order valence-electron chi connectivity index (χ2n) is 8.21. The molecule has 5 nitrogen and oxygen atoms in total. The normalized spacial score (nSPS) is 21.8. The first-order valence-electron chi connectivity index (χ1n) is 10.6. The molecule has 0 radical (unpaired) electrons. The van der Waals surface area contributed by atoms with Gasteiger partial charge in [0, 0.05) is 18.7 Å². The van der Waals surface area contributed by atoms with Gasteiger partial charge in [0.1, 0.15) is 12.4 Å². The van der Waals surface area contributed by atoms with Crippen LogP contribution in [0.4, 0.5) is 5.69 Å². The number of aryl methyl sites for hydroxylation is 1. The number of carbonyl (C=O) groups is 1. The minimum absolute atomic E-state index is 0.107. The SMILES string of the molecule is Cc1cc(NC(=O)CC(C)C2CCCNC2)ccc1OCCN1CCCC1. The average molecular weight is 374 g/mol. The van der Waals surface area contributed by atoms with Crippen LogP contribution in [0.25, 0.3) is 0 Å². The van der Waals surface area contributed by atoms with Gasteiger partial charge in [-0.1, -0.05) is 6.92 Å². The fraction of sp³-hybridized carbons (Fsp3) is 0.682. The summed E-state index contributed by atoms with van der Waals surface area (Å²) < 4.78 is 5.94. The van der Waals surface area contributed by atoms with Gasteiger partial charge >= 0.3 is 0 Å². The van der Waals surface area contributed by atoms with Gasteiger partial charge in [-0.05, 0) is 94.4 Å². The van der Waals surface area contributed by atoms with Gasteiger partial charge in [0.25, 0.3) is 0 Å². The monoisotopic (exact) mass is 373 g/mol. The van der Waals surface area contributed by atoms with Crippen molar-refractivity contribution in [2.45, 2.75) is 46.0 Å². The molecule has 2 unspecified atom stereocenters. The van der Waals surface area contributed by atoms with Crippen molar-refractivity contribution in [1.29, 1.82) is 0 Å². The zero-order valence-corrected chi connectivity index (χ0v) is 16.9. The Kier molecular flexibility index (Phi) is 7.53. The standard InChI is InChI=1S/C22H35N3O2/c1-17(19-6-5-9-23-16-19)15-22(26)24-20-7-8-21(18(2)14-20)27-13-12-25-10-3-4-11-25/h7-8,14,17,19,23H,3-6,9-13,15-16H2,1-2H3,(H,24,26). The van der Waals surface area contributed by atoms with Gasteiger partial charge in [-0.25, -0.2) is 0 Å². The van der Waals surface area contributed by atoms with Gasteiger partial charge in [0.05, 0.1) is 0 Å². The lowest BCUT2D eigenvalue weighted by molar-refractivity contribution is -0.117. The summed E-state index contributed by atoms with van der Waals surface area (Å²) in [6, 6.07) is 5.93. The van der Waals surface area contributed by atoms with E-state index in [1.165, 1.54) is 38.8 Å². The molecule has 2 fully saturated rings. The summed E-state index contributed by atoms with van der Waals surface area (Å²) in [6.45, 7) is 10.5. The highest BCUT2D eigenvalue weighted by Crippen LogP contribution is 2.25. The molecule has 5 heteroatoms. The van der Waals surface area contributed by atoms with Gasteiger partial charge in [0.15, 0.2) is 0 Å². The number of ether oxygens (including phenoxy) is 1. The fourth-order valence-electron chi connectivity index (χ4n) is 4.22. The zero-order chi connectivity index (χ0) is 19.1. The second-order valence-corrected chi connectivity index (χ2v) is 8.21. The fourth-order valence-corrected chi connectivity index (χ4v) is 4.22. The summed E-state index contributed by atoms with van der Waals surface area (Å²) in [5.41, 5.74) is 1.93. The van der Waals surface area contributed by atoms with Crippen molar-refractivity contribution in [2.75, 3.05) is 44.6 Å². The molecule has 2 aliphatic rings. The summed E-state index contributed by atoms with van der Waals surface area (Å²) >= 11 is 0. The third kappa shape index (κ3) is 6.22. The van der Waals surface area contributed by atoms with Crippen LogP contribution in [0.15, 0.2) is 18.2 Å². The number of hydrogen-bond donors (Lipinski definition) is 2. The van der Waals surface area contributed by atoms with Crippen LogP contribution in [0.1, 0.15) is 44.6 Å². The number of amides is 1. The van der Waals surface area contributed by atoms with E-state index in [1.54, 1.807) is 0 Å². The predicted molar refractivity (Wildman–Crippen MR) is 110 cm³/mol. The Bertz CT molecular complexity index is 608. The van der Waals surface area contributed by atoms with E-state index < -0.39 is 0 Å². The van der Waals surface area contributed by atoms with Crippen molar-refractivity contribution >= 4 is 11.6 Å². The molecule has 2 saturated heterocycles. The van der Waals surface area contributed by atoms with Gasteiger partial charge < -0.3 is 15.4 Å². The van der Waals surface area contributed by atoms with Crippen LogP contribution in [0.3, 0.4) is 0 Å². The van der Waals surface area contributed by atoms with Crippen molar-refractivity contribution in [1.82, 2.24) is 10.2 Å². The third-order valence-electron chi connectivity index (χ3n) is 5.97. The largest absolute Gasteiger partial charge is 0.492 e. The first kappa shape index (κ1) is 20.2. The molecule has 0 spiro atoms. The van der Waals surface area contributed by atoms with Crippen molar-refractivity contribution in [2.24, 2.45) is 11.8 Å². The first-order chi connectivity index (χ1) is 13.1. The number of rotatable bonds is 8. The van der Waals surface area contributed by atoms with Crippen molar-refractivity contribution in [3.8, 4) is 5.75 Å². The molecular weight excluding hydrogens is 338 g/mol. The number of carbonyl (C=O) groups excluding carboxylic acids is 1. The van der Waals surface area contributed by atoms with Crippen LogP contribution >= 0.6 is 0 Å². The Morgan fingerprint density at radius 3 is 2.85 bits per heavy atom. The van der Waals surface area contributed by atoms with Gasteiger partial charge in [0.2, 0.25) is 5.91 Å². The molecule has 3 rings (SSSR count). The molecule has 1 aromatic rings. The first-order valence-corrected chi connectivity index (χ1v) is 10.6. The number of likely N-dealkylation sites (tertiary alicyclic amines) is 1. The van der Waals surface area contributed by atoms with E-state index >= 15 is 0 Å². The maximum atomic E-state index is 12.4. The molecule has 150 valence electrons. The van der Waals surface area contributed by atoms with Crippen molar-refractivity contribution < 1.29 is 9.53 Å². The Labute approximate surface area is 163 Å². The van der Waals surface area contributed by atoms with E-state index in [2.05, 4.69) is 22.5 Å². The molecular formula is C22H35N3O2. The van der Waals surface area contributed by atoms with Crippen LogP contribution in [-0.2, 0) is 4.79 Å². The van der Waals surface area contributed by atoms with Crippen molar-refractivity contribution in [3.05, 3.63) is 23.8 Å². The maximum absolute atomic E-state index is 12.4. The molecule has 2 N–H and O–H groups in total. The summed E-state index contributed by atoms with van der Waals surface area (Å²) in [6.07, 6.45) is 5.64. The molecule has 27 heavy (non-hydrogen) atoms. The van der Waals surface area contributed by atoms with Crippen LogP contribution in [0, 0.1) is 18.8 Å². The highest BCUT2D eigenvalue weighted by molar-refractivity contribution is 5.91. The number of anilines is 1. The quantitative estimate of drug-likeness (QED) is 0.733. The molecule has 0 saturated carbocycles. The summed E-state index contributed by atoms with van der Waals surface area (Å²) in [4.78, 5) is 14.9. The van der Waals surface area contributed by atoms with Gasteiger partial charge in [-0.3, -0.25) is 9.69 Å². The second kappa shape index (κ2) is 10.1. The van der Waals surface area contributed by atoms with E-state index in [0.717, 1.165) is 43.2 Å². The number of benzene rings is 1. The van der Waals surface area contributed by atoms with Crippen molar-refractivity contribution in [3.63, 3.8) is 0 Å². The van der Waals surface area contributed by atoms with Crippen LogP contribution in [0.5, 0.6) is 5.75 Å². The minimum Gasteiger partial charge on any atom is -0.492 e. The lowest BCUT2D eigenvalue weighted by Gasteiger charge is -2.28. The highest BCUT2D eigenvalue weighted by Gasteiger charge is 2.22. The van der Waals surface area contributed by atoms with Crippen LogP contribution in [0.2, 0.25) is 0 Å². The van der Waals surface area contributed by atoms with E-state index in [0.29, 0.717) is 18.3 Å². The zero-order valence-electron chi connectivity index (χ0n) is 16.9.